The topological polar surface area (TPSA) is 69.2 Å². The number of rotatable bonds is 5. The lowest BCUT2D eigenvalue weighted by Gasteiger charge is -2.23. The van der Waals surface area contributed by atoms with E-state index in [0.29, 0.717) is 18.5 Å². The molecule has 7 nitrogen and oxygen atoms in total. The van der Waals surface area contributed by atoms with Gasteiger partial charge in [0.15, 0.2) is 5.82 Å². The molecule has 1 aliphatic heterocycles. The van der Waals surface area contributed by atoms with E-state index < -0.39 is 0 Å². The van der Waals surface area contributed by atoms with E-state index in [1.807, 2.05) is 18.7 Å². The van der Waals surface area contributed by atoms with Crippen molar-refractivity contribution in [2.45, 2.75) is 51.1 Å². The summed E-state index contributed by atoms with van der Waals surface area (Å²) in [5.41, 5.74) is 2.22. The van der Waals surface area contributed by atoms with Crippen LogP contribution in [0.15, 0.2) is 4.52 Å². The van der Waals surface area contributed by atoms with Crippen LogP contribution in [0.25, 0.3) is 0 Å². The first-order valence-corrected chi connectivity index (χ1v) is 8.31. The van der Waals surface area contributed by atoms with Gasteiger partial charge in [0, 0.05) is 19.0 Å². The quantitative estimate of drug-likeness (QED) is 0.843. The summed E-state index contributed by atoms with van der Waals surface area (Å²) in [5.74, 6) is 2.98. The highest BCUT2D eigenvalue weighted by molar-refractivity contribution is 5.35. The summed E-state index contributed by atoms with van der Waals surface area (Å²) in [5, 5.41) is 8.64. The second-order valence-corrected chi connectivity index (χ2v) is 6.58. The lowest BCUT2D eigenvalue weighted by atomic mass is 10.1. The monoisotopic (exact) mass is 317 g/mol. The maximum Gasteiger partial charge on any atom is 0.240 e. The molecule has 1 saturated heterocycles. The minimum absolute atomic E-state index is 0.301. The highest BCUT2D eigenvalue weighted by Gasteiger charge is 2.34. The molecule has 7 heteroatoms. The molecule has 0 amide bonds. The van der Waals surface area contributed by atoms with Gasteiger partial charge in [-0.25, -0.2) is 4.68 Å². The Morgan fingerprint density at radius 2 is 2.13 bits per heavy atom. The summed E-state index contributed by atoms with van der Waals surface area (Å²) in [6.07, 6.45) is 4.65. The third-order valence-corrected chi connectivity index (χ3v) is 4.87. The zero-order valence-corrected chi connectivity index (χ0v) is 13.9. The van der Waals surface area contributed by atoms with Crippen LogP contribution in [0.2, 0.25) is 0 Å². The fourth-order valence-electron chi connectivity index (χ4n) is 3.63. The van der Waals surface area contributed by atoms with E-state index in [0.717, 1.165) is 42.7 Å². The number of hydrogen-bond donors (Lipinski definition) is 0. The number of aryl methyl sites for hydroxylation is 2. The number of nitrogens with zero attached hydrogens (tertiary/aromatic N) is 5. The molecule has 23 heavy (non-hydrogen) atoms. The number of aromatic nitrogens is 4. The molecule has 0 spiro atoms. The summed E-state index contributed by atoms with van der Waals surface area (Å²) in [6.45, 7) is 3.78. The van der Waals surface area contributed by atoms with Gasteiger partial charge in [-0.2, -0.15) is 10.1 Å². The molecule has 124 valence electrons. The minimum atomic E-state index is 0.301. The van der Waals surface area contributed by atoms with E-state index in [9.17, 15) is 0 Å². The average Bonchev–Trinajstić information content (AvgIpc) is 2.98. The SMILES string of the molecule is COc1c([C@H]2CCCN2Cc2nc(C3CC3)no2)c(C)nn1C. The van der Waals surface area contributed by atoms with Crippen LogP contribution in [0.5, 0.6) is 5.88 Å². The van der Waals surface area contributed by atoms with E-state index in [1.165, 1.54) is 18.4 Å². The van der Waals surface area contributed by atoms with E-state index in [-0.39, 0.29) is 0 Å². The van der Waals surface area contributed by atoms with Crippen LogP contribution < -0.4 is 4.74 Å². The average molecular weight is 317 g/mol. The van der Waals surface area contributed by atoms with Crippen molar-refractivity contribution < 1.29 is 9.26 Å². The molecule has 2 aromatic rings. The smallest absolute Gasteiger partial charge is 0.240 e. The normalized spacial score (nSPS) is 22.0. The third-order valence-electron chi connectivity index (χ3n) is 4.87. The molecule has 0 N–H and O–H groups in total. The molecule has 3 heterocycles. The zero-order valence-electron chi connectivity index (χ0n) is 13.9. The van der Waals surface area contributed by atoms with Crippen LogP contribution in [0.4, 0.5) is 0 Å². The van der Waals surface area contributed by atoms with E-state index in [4.69, 9.17) is 9.26 Å². The number of likely N-dealkylation sites (tertiary alicyclic amines) is 1. The molecule has 1 aliphatic carbocycles. The molecule has 4 rings (SSSR count). The number of methoxy groups -OCH3 is 1. The maximum absolute atomic E-state index is 5.57. The predicted octanol–water partition coefficient (Wildman–Crippen LogP) is 2.33. The Balaban J connectivity index is 1.56. The predicted molar refractivity (Wildman–Crippen MR) is 83.2 cm³/mol. The lowest BCUT2D eigenvalue weighted by Crippen LogP contribution is -2.23. The van der Waals surface area contributed by atoms with Gasteiger partial charge in [-0.05, 0) is 39.2 Å². The second-order valence-electron chi connectivity index (χ2n) is 6.58. The summed E-state index contributed by atoms with van der Waals surface area (Å²) < 4.78 is 12.8. The van der Waals surface area contributed by atoms with E-state index in [1.54, 1.807) is 7.11 Å². The fourth-order valence-corrected chi connectivity index (χ4v) is 3.63. The van der Waals surface area contributed by atoms with Crippen molar-refractivity contribution in [2.75, 3.05) is 13.7 Å². The summed E-state index contributed by atoms with van der Waals surface area (Å²) >= 11 is 0. The van der Waals surface area contributed by atoms with Gasteiger partial charge in [0.2, 0.25) is 11.8 Å². The van der Waals surface area contributed by atoms with Crippen LogP contribution in [0.3, 0.4) is 0 Å². The summed E-state index contributed by atoms with van der Waals surface area (Å²) in [6, 6.07) is 0.301. The maximum atomic E-state index is 5.57. The fraction of sp³-hybridized carbons (Fsp3) is 0.688. The summed E-state index contributed by atoms with van der Waals surface area (Å²) in [4.78, 5) is 6.96. The first-order chi connectivity index (χ1) is 11.2. The molecule has 1 atom stereocenters. The number of ether oxygens (including phenoxy) is 1. The molecule has 0 radical (unpaired) electrons. The molecule has 1 saturated carbocycles. The van der Waals surface area contributed by atoms with Crippen molar-refractivity contribution in [2.24, 2.45) is 7.05 Å². The Bertz CT molecular complexity index is 703. The van der Waals surface area contributed by atoms with Gasteiger partial charge in [0.25, 0.3) is 0 Å². The second kappa shape index (κ2) is 5.63. The molecule has 0 unspecified atom stereocenters. The Morgan fingerprint density at radius 1 is 1.30 bits per heavy atom. The molecular weight excluding hydrogens is 294 g/mol. The van der Waals surface area contributed by atoms with Crippen LogP contribution >= 0.6 is 0 Å². The Labute approximate surface area is 135 Å². The van der Waals surface area contributed by atoms with Gasteiger partial charge in [-0.3, -0.25) is 4.90 Å². The molecule has 0 bridgehead atoms. The highest BCUT2D eigenvalue weighted by atomic mass is 16.5. The molecular formula is C16H23N5O2. The van der Waals surface area contributed by atoms with Crippen molar-refractivity contribution in [3.8, 4) is 5.88 Å². The first kappa shape index (κ1) is 14.7. The van der Waals surface area contributed by atoms with Gasteiger partial charge >= 0.3 is 0 Å². The minimum Gasteiger partial charge on any atom is -0.481 e. The standard InChI is InChI=1S/C16H23N5O2/c1-10-14(16(22-3)20(2)18-10)12-5-4-8-21(12)9-13-17-15(19-23-13)11-6-7-11/h11-12H,4-9H2,1-3H3/t12-/m1/s1. The van der Waals surface area contributed by atoms with Crippen LogP contribution in [0, 0.1) is 6.92 Å². The van der Waals surface area contributed by atoms with Gasteiger partial charge in [0.1, 0.15) is 0 Å². The van der Waals surface area contributed by atoms with Gasteiger partial charge in [0.05, 0.1) is 24.9 Å². The van der Waals surface area contributed by atoms with E-state index in [2.05, 4.69) is 20.1 Å². The highest BCUT2D eigenvalue weighted by Crippen LogP contribution is 2.40. The van der Waals surface area contributed by atoms with Crippen LogP contribution in [0.1, 0.15) is 60.6 Å². The molecule has 0 aromatic carbocycles. The van der Waals surface area contributed by atoms with Gasteiger partial charge in [-0.1, -0.05) is 5.16 Å². The zero-order chi connectivity index (χ0) is 16.0. The van der Waals surface area contributed by atoms with Crippen molar-refractivity contribution in [3.63, 3.8) is 0 Å². The Hall–Kier alpha value is -1.89. The molecule has 2 aromatic heterocycles. The van der Waals surface area contributed by atoms with Gasteiger partial charge in [-0.15, -0.1) is 0 Å². The van der Waals surface area contributed by atoms with Crippen molar-refractivity contribution >= 4 is 0 Å². The van der Waals surface area contributed by atoms with Crippen molar-refractivity contribution in [3.05, 3.63) is 23.0 Å². The largest absolute Gasteiger partial charge is 0.481 e. The van der Waals surface area contributed by atoms with Gasteiger partial charge < -0.3 is 9.26 Å². The molecule has 2 aliphatic rings. The molecule has 2 fully saturated rings. The van der Waals surface area contributed by atoms with Crippen LogP contribution in [-0.2, 0) is 13.6 Å². The Morgan fingerprint density at radius 3 is 2.87 bits per heavy atom. The Kier molecular flexibility index (Phi) is 3.60. The van der Waals surface area contributed by atoms with E-state index >= 15 is 0 Å². The van der Waals surface area contributed by atoms with Crippen molar-refractivity contribution in [1.82, 2.24) is 24.8 Å². The lowest BCUT2D eigenvalue weighted by molar-refractivity contribution is 0.208. The third kappa shape index (κ3) is 2.63. The number of hydrogen-bond acceptors (Lipinski definition) is 6. The van der Waals surface area contributed by atoms with Crippen LogP contribution in [-0.4, -0.2) is 38.5 Å². The summed E-state index contributed by atoms with van der Waals surface area (Å²) in [7, 11) is 3.63. The first-order valence-electron chi connectivity index (χ1n) is 8.31. The van der Waals surface area contributed by atoms with Crippen molar-refractivity contribution in [1.29, 1.82) is 0 Å².